The number of hydrogen-bond donors (Lipinski definition) is 0. The van der Waals surface area contributed by atoms with Crippen LogP contribution in [0.2, 0.25) is 0 Å². The summed E-state index contributed by atoms with van der Waals surface area (Å²) in [6.45, 7) is 0.983. The Balaban J connectivity index is 1.74. The van der Waals surface area contributed by atoms with Crippen LogP contribution in [0.15, 0.2) is 40.3 Å². The van der Waals surface area contributed by atoms with E-state index in [1.807, 2.05) is 35.8 Å². The highest BCUT2D eigenvalue weighted by Gasteiger charge is 2.29. The zero-order chi connectivity index (χ0) is 13.4. The fourth-order valence-electron chi connectivity index (χ4n) is 2.80. The second-order valence-electron chi connectivity index (χ2n) is 5.04. The van der Waals surface area contributed by atoms with Crippen LogP contribution in [0.25, 0.3) is 11.1 Å². The van der Waals surface area contributed by atoms with Gasteiger partial charge in [0.1, 0.15) is 10.5 Å². The molecule has 1 fully saturated rings. The fourth-order valence-corrected chi connectivity index (χ4v) is 3.58. The van der Waals surface area contributed by atoms with Crippen molar-refractivity contribution >= 4 is 28.5 Å². The van der Waals surface area contributed by atoms with Gasteiger partial charge >= 0.3 is 0 Å². The first-order valence-corrected chi connectivity index (χ1v) is 7.81. The zero-order valence-electron chi connectivity index (χ0n) is 11.0. The van der Waals surface area contributed by atoms with E-state index in [1.54, 1.807) is 11.3 Å². The molecule has 3 heterocycles. The topological polar surface area (TPSA) is 42.2 Å². The number of hydrogen-bond acceptors (Lipinski definition) is 5. The predicted molar refractivity (Wildman–Crippen MR) is 80.1 cm³/mol. The van der Waals surface area contributed by atoms with Crippen molar-refractivity contribution < 1.29 is 4.42 Å². The van der Waals surface area contributed by atoms with Crippen LogP contribution >= 0.6 is 11.3 Å². The molecule has 1 atom stereocenters. The van der Waals surface area contributed by atoms with Crippen molar-refractivity contribution in [3.8, 4) is 0 Å². The smallest absolute Gasteiger partial charge is 0.298 e. The lowest BCUT2D eigenvalue weighted by molar-refractivity contribution is 0.432. The maximum absolute atomic E-state index is 5.93. The first-order valence-electron chi connectivity index (χ1n) is 6.93. The van der Waals surface area contributed by atoms with Gasteiger partial charge < -0.3 is 9.32 Å². The lowest BCUT2D eigenvalue weighted by Crippen LogP contribution is -2.33. The fraction of sp³-hybridized carbons (Fsp3) is 0.333. The number of thiazole rings is 1. The van der Waals surface area contributed by atoms with Gasteiger partial charge in [0.05, 0.1) is 6.04 Å². The molecule has 4 nitrogen and oxygen atoms in total. The molecule has 0 N–H and O–H groups in total. The lowest BCUT2D eigenvalue weighted by Gasteiger charge is -2.33. The van der Waals surface area contributed by atoms with E-state index < -0.39 is 0 Å². The summed E-state index contributed by atoms with van der Waals surface area (Å²) >= 11 is 1.71. The average Bonchev–Trinajstić information content (AvgIpc) is 3.16. The molecule has 0 amide bonds. The van der Waals surface area contributed by atoms with Gasteiger partial charge in [-0.15, -0.1) is 11.3 Å². The largest absolute Gasteiger partial charge is 0.423 e. The minimum Gasteiger partial charge on any atom is -0.423 e. The van der Waals surface area contributed by atoms with E-state index in [4.69, 9.17) is 4.42 Å². The standard InChI is InChI=1S/C15H15N3OS/c1-2-7-13-11(5-1)17-15(19-13)18-9-4-3-6-12(18)14-16-8-10-20-14/h1-2,5,7-8,10,12H,3-4,6,9H2. The van der Waals surface area contributed by atoms with Crippen LogP contribution in [0.1, 0.15) is 30.3 Å². The van der Waals surface area contributed by atoms with Crippen molar-refractivity contribution in [2.75, 3.05) is 11.4 Å². The normalized spacial score (nSPS) is 19.6. The number of aromatic nitrogens is 2. The summed E-state index contributed by atoms with van der Waals surface area (Å²) in [6.07, 6.45) is 5.41. The van der Waals surface area contributed by atoms with E-state index in [0.717, 1.165) is 35.1 Å². The van der Waals surface area contributed by atoms with Crippen LogP contribution in [0, 0.1) is 0 Å². The Morgan fingerprint density at radius 3 is 3.05 bits per heavy atom. The molecule has 3 aromatic rings. The van der Waals surface area contributed by atoms with Crippen LogP contribution < -0.4 is 4.90 Å². The highest BCUT2D eigenvalue weighted by Crippen LogP contribution is 2.36. The molecule has 1 saturated heterocycles. The molecule has 0 bridgehead atoms. The van der Waals surface area contributed by atoms with Crippen molar-refractivity contribution in [3.05, 3.63) is 40.8 Å². The third kappa shape index (κ3) is 1.98. The zero-order valence-corrected chi connectivity index (χ0v) is 11.8. The first kappa shape index (κ1) is 11.9. The molecule has 20 heavy (non-hydrogen) atoms. The molecule has 1 unspecified atom stereocenters. The van der Waals surface area contributed by atoms with Crippen LogP contribution in [0.5, 0.6) is 0 Å². The van der Waals surface area contributed by atoms with Gasteiger partial charge in [-0.05, 0) is 31.4 Å². The molecule has 0 saturated carbocycles. The van der Waals surface area contributed by atoms with Gasteiger partial charge in [0, 0.05) is 18.1 Å². The summed E-state index contributed by atoms with van der Waals surface area (Å²) in [7, 11) is 0. The van der Waals surface area contributed by atoms with Crippen LogP contribution in [-0.4, -0.2) is 16.5 Å². The monoisotopic (exact) mass is 285 g/mol. The maximum atomic E-state index is 5.93. The molecule has 0 radical (unpaired) electrons. The number of fused-ring (bicyclic) bond motifs is 1. The van der Waals surface area contributed by atoms with Crippen LogP contribution in [-0.2, 0) is 0 Å². The van der Waals surface area contributed by atoms with Crippen LogP contribution in [0.3, 0.4) is 0 Å². The van der Waals surface area contributed by atoms with Gasteiger partial charge in [0.2, 0.25) is 0 Å². The van der Waals surface area contributed by atoms with Crippen molar-refractivity contribution in [2.45, 2.75) is 25.3 Å². The van der Waals surface area contributed by atoms with Crippen molar-refractivity contribution in [3.63, 3.8) is 0 Å². The highest BCUT2D eigenvalue weighted by molar-refractivity contribution is 7.09. The maximum Gasteiger partial charge on any atom is 0.298 e. The minimum atomic E-state index is 0.303. The van der Waals surface area contributed by atoms with E-state index in [0.29, 0.717) is 6.04 Å². The summed E-state index contributed by atoms with van der Waals surface area (Å²) in [5, 5.41) is 3.20. The summed E-state index contributed by atoms with van der Waals surface area (Å²) in [5.74, 6) is 0. The first-order chi connectivity index (χ1) is 9.92. The van der Waals surface area contributed by atoms with E-state index in [-0.39, 0.29) is 0 Å². The van der Waals surface area contributed by atoms with Gasteiger partial charge in [0.25, 0.3) is 6.01 Å². The van der Waals surface area contributed by atoms with E-state index >= 15 is 0 Å². The number of oxazole rings is 1. The number of anilines is 1. The van der Waals surface area contributed by atoms with Gasteiger partial charge in [-0.3, -0.25) is 0 Å². The SMILES string of the molecule is c1ccc2oc(N3CCCCC3c3nccs3)nc2c1. The molecule has 0 aliphatic carbocycles. The Labute approximate surface area is 121 Å². The van der Waals surface area contributed by atoms with Crippen LogP contribution in [0.4, 0.5) is 6.01 Å². The molecule has 2 aromatic heterocycles. The van der Waals surface area contributed by atoms with Gasteiger partial charge in [0.15, 0.2) is 5.58 Å². The van der Waals surface area contributed by atoms with Crippen molar-refractivity contribution in [2.24, 2.45) is 0 Å². The number of rotatable bonds is 2. The highest BCUT2D eigenvalue weighted by atomic mass is 32.1. The molecular weight excluding hydrogens is 270 g/mol. The van der Waals surface area contributed by atoms with Crippen molar-refractivity contribution in [1.82, 2.24) is 9.97 Å². The lowest BCUT2D eigenvalue weighted by atomic mass is 10.0. The third-order valence-electron chi connectivity index (χ3n) is 3.77. The Morgan fingerprint density at radius 1 is 1.25 bits per heavy atom. The molecule has 1 aliphatic rings. The van der Waals surface area contributed by atoms with E-state index in [9.17, 15) is 0 Å². The molecule has 4 rings (SSSR count). The Morgan fingerprint density at radius 2 is 2.20 bits per heavy atom. The number of piperidine rings is 1. The average molecular weight is 285 g/mol. The minimum absolute atomic E-state index is 0.303. The second kappa shape index (κ2) is 4.90. The van der Waals surface area contributed by atoms with E-state index in [2.05, 4.69) is 14.9 Å². The summed E-state index contributed by atoms with van der Waals surface area (Å²) < 4.78 is 5.93. The Kier molecular flexibility index (Phi) is 2.92. The third-order valence-corrected chi connectivity index (χ3v) is 4.64. The quantitative estimate of drug-likeness (QED) is 0.713. The number of benzene rings is 1. The molecule has 5 heteroatoms. The van der Waals surface area contributed by atoms with E-state index in [1.165, 1.54) is 12.8 Å². The molecule has 1 aliphatic heterocycles. The molecule has 1 aromatic carbocycles. The number of para-hydroxylation sites is 2. The van der Waals surface area contributed by atoms with Crippen molar-refractivity contribution in [1.29, 1.82) is 0 Å². The van der Waals surface area contributed by atoms with Gasteiger partial charge in [-0.1, -0.05) is 12.1 Å². The Bertz CT molecular complexity index is 674. The summed E-state index contributed by atoms with van der Waals surface area (Å²) in [5.41, 5.74) is 1.77. The summed E-state index contributed by atoms with van der Waals surface area (Å²) in [6, 6.07) is 8.95. The number of nitrogens with zero attached hydrogens (tertiary/aromatic N) is 3. The summed E-state index contributed by atoms with van der Waals surface area (Å²) in [4.78, 5) is 11.4. The molecule has 102 valence electrons. The Hall–Kier alpha value is -1.88. The second-order valence-corrected chi connectivity index (χ2v) is 5.97. The molecular formula is C15H15N3OS. The van der Waals surface area contributed by atoms with Gasteiger partial charge in [-0.25, -0.2) is 4.98 Å². The molecule has 0 spiro atoms. The predicted octanol–water partition coefficient (Wildman–Crippen LogP) is 4.02. The van der Waals surface area contributed by atoms with Gasteiger partial charge in [-0.2, -0.15) is 4.98 Å².